The quantitative estimate of drug-likeness (QED) is 0.391. The Labute approximate surface area is 168 Å². The molecule has 0 radical (unpaired) electrons. The van der Waals surface area contributed by atoms with Crippen LogP contribution >= 0.6 is 11.3 Å². The minimum Gasteiger partial charge on any atom is -0.313 e. The molecule has 0 amide bonds. The van der Waals surface area contributed by atoms with Gasteiger partial charge in [-0.25, -0.2) is 4.99 Å². The highest BCUT2D eigenvalue weighted by molar-refractivity contribution is 7.07. The number of non-ortho nitro benzene ring substituents is 1. The summed E-state index contributed by atoms with van der Waals surface area (Å²) in [5.41, 5.74) is 5.60. The number of hydrogen-bond donors (Lipinski definition) is 0. The van der Waals surface area contributed by atoms with Gasteiger partial charge >= 0.3 is 0 Å². The zero-order valence-corrected chi connectivity index (χ0v) is 16.9. The first-order chi connectivity index (χ1) is 13.6. The summed E-state index contributed by atoms with van der Waals surface area (Å²) in [6, 6.07) is 13.7. The van der Waals surface area contributed by atoms with Crippen molar-refractivity contribution in [3.05, 3.63) is 73.9 Å². The van der Waals surface area contributed by atoms with E-state index in [4.69, 9.17) is 4.99 Å². The van der Waals surface area contributed by atoms with E-state index in [-0.39, 0.29) is 10.6 Å². The standard InChI is InChI=1S/C22H23N3O2S/c1-3-15-7-5-8-16(4-2)21(15)23-22-24(18-11-12-18)20(14-28-22)17-9-6-10-19(13-17)25(26)27/h5-10,13-14,18H,3-4,11-12H2,1-2H3. The fourth-order valence-corrected chi connectivity index (χ4v) is 4.50. The number of nitrogens with zero attached hydrogens (tertiary/aromatic N) is 3. The van der Waals surface area contributed by atoms with Crippen molar-refractivity contribution in [3.63, 3.8) is 0 Å². The van der Waals surface area contributed by atoms with E-state index >= 15 is 0 Å². The minimum absolute atomic E-state index is 0.120. The van der Waals surface area contributed by atoms with Gasteiger partial charge in [-0.3, -0.25) is 10.1 Å². The molecular formula is C22H23N3O2S. The average molecular weight is 394 g/mol. The number of thiazole rings is 1. The van der Waals surface area contributed by atoms with E-state index in [0.29, 0.717) is 6.04 Å². The van der Waals surface area contributed by atoms with Gasteiger partial charge in [-0.15, -0.1) is 11.3 Å². The Kier molecular flexibility index (Phi) is 5.13. The molecule has 1 aliphatic carbocycles. The predicted octanol–water partition coefficient (Wildman–Crippen LogP) is 5.82. The first kappa shape index (κ1) is 18.6. The number of rotatable bonds is 6. The number of nitro benzene ring substituents is 1. The van der Waals surface area contributed by atoms with Crippen LogP contribution in [0.15, 0.2) is 52.8 Å². The van der Waals surface area contributed by atoms with Crippen molar-refractivity contribution in [2.24, 2.45) is 4.99 Å². The first-order valence-corrected chi connectivity index (χ1v) is 10.6. The second-order valence-electron chi connectivity index (χ2n) is 7.06. The van der Waals surface area contributed by atoms with Crippen LogP contribution in [0.3, 0.4) is 0 Å². The van der Waals surface area contributed by atoms with E-state index in [1.165, 1.54) is 17.2 Å². The van der Waals surface area contributed by atoms with E-state index in [0.717, 1.165) is 47.4 Å². The van der Waals surface area contributed by atoms with Crippen molar-refractivity contribution in [3.8, 4) is 11.3 Å². The maximum Gasteiger partial charge on any atom is 0.270 e. The van der Waals surface area contributed by atoms with Gasteiger partial charge in [0.1, 0.15) is 0 Å². The summed E-state index contributed by atoms with van der Waals surface area (Å²) >= 11 is 1.61. The largest absolute Gasteiger partial charge is 0.313 e. The summed E-state index contributed by atoms with van der Waals surface area (Å²) in [7, 11) is 0. The lowest BCUT2D eigenvalue weighted by Crippen LogP contribution is -2.14. The number of para-hydroxylation sites is 1. The number of hydrogen-bond acceptors (Lipinski definition) is 4. The Bertz CT molecular complexity index is 1070. The molecule has 0 aliphatic heterocycles. The second-order valence-corrected chi connectivity index (χ2v) is 7.89. The van der Waals surface area contributed by atoms with E-state index in [1.54, 1.807) is 23.5 Å². The summed E-state index contributed by atoms with van der Waals surface area (Å²) in [6.07, 6.45) is 4.14. The Hall–Kier alpha value is -2.73. The maximum atomic E-state index is 11.2. The van der Waals surface area contributed by atoms with Crippen molar-refractivity contribution in [1.82, 2.24) is 4.57 Å². The smallest absolute Gasteiger partial charge is 0.270 e. The van der Waals surface area contributed by atoms with Crippen LogP contribution < -0.4 is 4.80 Å². The van der Waals surface area contributed by atoms with Crippen LogP contribution in [0.5, 0.6) is 0 Å². The molecule has 1 saturated carbocycles. The molecule has 1 heterocycles. The number of aromatic nitrogens is 1. The molecule has 0 N–H and O–H groups in total. The van der Waals surface area contributed by atoms with Crippen molar-refractivity contribution in [1.29, 1.82) is 0 Å². The van der Waals surface area contributed by atoms with Gasteiger partial charge in [0, 0.05) is 29.1 Å². The number of nitro groups is 1. The summed E-state index contributed by atoms with van der Waals surface area (Å²) in [6.45, 7) is 4.32. The fraction of sp³-hybridized carbons (Fsp3) is 0.318. The molecule has 0 saturated heterocycles. The highest BCUT2D eigenvalue weighted by atomic mass is 32.1. The van der Waals surface area contributed by atoms with Gasteiger partial charge in [-0.05, 0) is 36.8 Å². The molecule has 4 rings (SSSR count). The lowest BCUT2D eigenvalue weighted by molar-refractivity contribution is -0.384. The highest BCUT2D eigenvalue weighted by Gasteiger charge is 2.28. The van der Waals surface area contributed by atoms with Crippen LogP contribution in [0, 0.1) is 10.1 Å². The van der Waals surface area contributed by atoms with E-state index in [1.807, 2.05) is 6.07 Å². The highest BCUT2D eigenvalue weighted by Crippen LogP contribution is 2.39. The van der Waals surface area contributed by atoms with Crippen LogP contribution in [0.1, 0.15) is 43.9 Å². The van der Waals surface area contributed by atoms with Crippen molar-refractivity contribution in [2.45, 2.75) is 45.6 Å². The monoisotopic (exact) mass is 393 g/mol. The van der Waals surface area contributed by atoms with Gasteiger partial charge < -0.3 is 4.57 Å². The zero-order valence-electron chi connectivity index (χ0n) is 16.1. The molecule has 0 atom stereocenters. The molecule has 6 heteroatoms. The normalized spacial score (nSPS) is 14.4. The molecule has 28 heavy (non-hydrogen) atoms. The molecule has 1 aromatic heterocycles. The third-order valence-electron chi connectivity index (χ3n) is 5.18. The summed E-state index contributed by atoms with van der Waals surface area (Å²) in [4.78, 5) is 16.9. The predicted molar refractivity (Wildman–Crippen MR) is 113 cm³/mol. The average Bonchev–Trinajstić information content (AvgIpc) is 3.48. The van der Waals surface area contributed by atoms with Gasteiger partial charge in [0.05, 0.1) is 16.3 Å². The third-order valence-corrected chi connectivity index (χ3v) is 6.02. The van der Waals surface area contributed by atoms with Gasteiger partial charge in [-0.2, -0.15) is 0 Å². The van der Waals surface area contributed by atoms with Crippen molar-refractivity contribution in [2.75, 3.05) is 0 Å². The second kappa shape index (κ2) is 7.72. The molecule has 1 aliphatic rings. The van der Waals surface area contributed by atoms with Crippen LogP contribution in [-0.2, 0) is 12.8 Å². The molecule has 0 bridgehead atoms. The summed E-state index contributed by atoms with van der Waals surface area (Å²) in [5.74, 6) is 0. The van der Waals surface area contributed by atoms with E-state index in [2.05, 4.69) is 42.0 Å². The minimum atomic E-state index is -0.340. The van der Waals surface area contributed by atoms with Gasteiger partial charge in [-0.1, -0.05) is 44.2 Å². The van der Waals surface area contributed by atoms with Gasteiger partial charge in [0.15, 0.2) is 4.80 Å². The van der Waals surface area contributed by atoms with Crippen LogP contribution in [0.2, 0.25) is 0 Å². The third kappa shape index (κ3) is 3.52. The first-order valence-electron chi connectivity index (χ1n) is 9.72. The van der Waals surface area contributed by atoms with E-state index in [9.17, 15) is 10.1 Å². The fourth-order valence-electron chi connectivity index (χ4n) is 3.53. The van der Waals surface area contributed by atoms with Crippen LogP contribution in [0.25, 0.3) is 11.3 Å². The Balaban J connectivity index is 1.89. The van der Waals surface area contributed by atoms with Gasteiger partial charge in [0.2, 0.25) is 0 Å². The Morgan fingerprint density at radius 2 is 1.82 bits per heavy atom. The molecule has 144 valence electrons. The van der Waals surface area contributed by atoms with Gasteiger partial charge in [0.25, 0.3) is 5.69 Å². The number of aryl methyl sites for hydroxylation is 2. The van der Waals surface area contributed by atoms with Crippen LogP contribution in [-0.4, -0.2) is 9.49 Å². The molecule has 1 fully saturated rings. The van der Waals surface area contributed by atoms with Crippen molar-refractivity contribution >= 4 is 22.7 Å². The van der Waals surface area contributed by atoms with E-state index < -0.39 is 0 Å². The van der Waals surface area contributed by atoms with Crippen molar-refractivity contribution < 1.29 is 4.92 Å². The SMILES string of the molecule is CCc1cccc(CC)c1N=c1scc(-c2cccc([N+](=O)[O-])c2)n1C1CC1. The Morgan fingerprint density at radius 3 is 2.43 bits per heavy atom. The molecular weight excluding hydrogens is 370 g/mol. The summed E-state index contributed by atoms with van der Waals surface area (Å²) < 4.78 is 2.27. The lowest BCUT2D eigenvalue weighted by atomic mass is 10.0. The summed E-state index contributed by atoms with van der Waals surface area (Å²) in [5, 5.41) is 13.3. The molecule has 5 nitrogen and oxygen atoms in total. The molecule has 0 unspecified atom stereocenters. The topological polar surface area (TPSA) is 60.4 Å². The Morgan fingerprint density at radius 1 is 1.14 bits per heavy atom. The lowest BCUT2D eigenvalue weighted by Gasteiger charge is -2.10. The number of benzene rings is 2. The van der Waals surface area contributed by atoms with Crippen LogP contribution in [0.4, 0.5) is 11.4 Å². The maximum absolute atomic E-state index is 11.2. The molecule has 2 aromatic carbocycles. The molecule has 3 aromatic rings. The zero-order chi connectivity index (χ0) is 19.7. The molecule has 0 spiro atoms.